The van der Waals surface area contributed by atoms with Crippen LogP contribution in [0.2, 0.25) is 0 Å². The average Bonchev–Trinajstić information content (AvgIpc) is 2.58. The van der Waals surface area contributed by atoms with Gasteiger partial charge in [-0.3, -0.25) is 0 Å². The molecular formula is C23H31N3. The van der Waals surface area contributed by atoms with E-state index in [0.717, 1.165) is 52.9 Å². The summed E-state index contributed by atoms with van der Waals surface area (Å²) in [4.78, 5) is 0. The minimum absolute atomic E-state index is 0.668. The third kappa shape index (κ3) is 6.74. The second-order valence-corrected chi connectivity index (χ2v) is 6.62. The van der Waals surface area contributed by atoms with Crippen molar-refractivity contribution in [1.82, 2.24) is 10.6 Å². The maximum absolute atomic E-state index is 9.17. The molecule has 0 unspecified atom stereocenters. The number of hydrogen-bond donors (Lipinski definition) is 2. The van der Waals surface area contributed by atoms with Gasteiger partial charge in [-0.2, -0.15) is 5.26 Å². The van der Waals surface area contributed by atoms with E-state index < -0.39 is 0 Å². The summed E-state index contributed by atoms with van der Waals surface area (Å²) in [5.74, 6) is 0. The molecular weight excluding hydrogens is 318 g/mol. The molecule has 0 amide bonds. The lowest BCUT2D eigenvalue weighted by Gasteiger charge is -2.16. The van der Waals surface area contributed by atoms with E-state index in [9.17, 15) is 5.26 Å². The molecule has 0 atom stereocenters. The van der Waals surface area contributed by atoms with Gasteiger partial charge in [0, 0.05) is 12.2 Å². The minimum atomic E-state index is 0.668. The van der Waals surface area contributed by atoms with Gasteiger partial charge in [0.15, 0.2) is 0 Å². The van der Waals surface area contributed by atoms with Gasteiger partial charge in [0.2, 0.25) is 0 Å². The van der Waals surface area contributed by atoms with Gasteiger partial charge in [-0.25, -0.2) is 0 Å². The van der Waals surface area contributed by atoms with Crippen molar-refractivity contribution in [2.45, 2.75) is 33.1 Å². The third-order valence-corrected chi connectivity index (χ3v) is 4.03. The number of nitrogens with one attached hydrogen (secondary N) is 2. The Kier molecular flexibility index (Phi) is 9.19. The van der Waals surface area contributed by atoms with E-state index in [0.29, 0.717) is 5.56 Å². The average molecular weight is 350 g/mol. The van der Waals surface area contributed by atoms with E-state index in [1.807, 2.05) is 39.2 Å². The SMILES string of the molecule is C=C1/C=C(/C=C(\C(=C)C)c2cc(C#N)ccc2C)NCCCC1.CNC. The summed E-state index contributed by atoms with van der Waals surface area (Å²) in [5, 5.41) is 15.4. The number of nitriles is 1. The molecule has 2 N–H and O–H groups in total. The van der Waals surface area contributed by atoms with Gasteiger partial charge in [0.1, 0.15) is 0 Å². The third-order valence-electron chi connectivity index (χ3n) is 4.03. The Hall–Kier alpha value is -2.57. The van der Waals surface area contributed by atoms with Crippen molar-refractivity contribution >= 4 is 5.57 Å². The van der Waals surface area contributed by atoms with Gasteiger partial charge in [0.25, 0.3) is 0 Å². The Bertz CT molecular complexity index is 745. The monoisotopic (exact) mass is 349 g/mol. The van der Waals surface area contributed by atoms with Crippen LogP contribution < -0.4 is 10.6 Å². The number of benzene rings is 1. The number of hydrogen-bond acceptors (Lipinski definition) is 3. The van der Waals surface area contributed by atoms with E-state index >= 15 is 0 Å². The predicted octanol–water partition coefficient (Wildman–Crippen LogP) is 4.88. The van der Waals surface area contributed by atoms with Gasteiger partial charge in [0.05, 0.1) is 11.6 Å². The van der Waals surface area contributed by atoms with Crippen LogP contribution in [0.4, 0.5) is 0 Å². The fourth-order valence-corrected chi connectivity index (χ4v) is 2.71. The molecule has 0 aliphatic carbocycles. The Morgan fingerprint density at radius 1 is 1.31 bits per heavy atom. The van der Waals surface area contributed by atoms with E-state index in [-0.39, 0.29) is 0 Å². The quantitative estimate of drug-likeness (QED) is 0.765. The van der Waals surface area contributed by atoms with Crippen LogP contribution in [0.3, 0.4) is 0 Å². The Morgan fingerprint density at radius 3 is 2.62 bits per heavy atom. The van der Waals surface area contributed by atoms with E-state index in [1.54, 1.807) is 0 Å². The van der Waals surface area contributed by atoms with Crippen LogP contribution in [-0.2, 0) is 0 Å². The zero-order valence-electron chi connectivity index (χ0n) is 16.6. The highest BCUT2D eigenvalue weighted by Gasteiger charge is 2.10. The zero-order valence-corrected chi connectivity index (χ0v) is 16.6. The van der Waals surface area contributed by atoms with Crippen molar-refractivity contribution in [3.63, 3.8) is 0 Å². The van der Waals surface area contributed by atoms with Crippen molar-refractivity contribution in [1.29, 1.82) is 5.26 Å². The Labute approximate surface area is 158 Å². The van der Waals surface area contributed by atoms with Gasteiger partial charge in [-0.15, -0.1) is 0 Å². The zero-order chi connectivity index (χ0) is 19.5. The van der Waals surface area contributed by atoms with Crippen LogP contribution in [0.15, 0.2) is 60.4 Å². The van der Waals surface area contributed by atoms with Crippen LogP contribution in [-0.4, -0.2) is 20.6 Å². The molecule has 0 spiro atoms. The molecule has 1 aliphatic rings. The summed E-state index contributed by atoms with van der Waals surface area (Å²) >= 11 is 0. The Balaban J connectivity index is 0.00000105. The lowest BCUT2D eigenvalue weighted by atomic mass is 9.93. The molecule has 0 bridgehead atoms. The summed E-state index contributed by atoms with van der Waals surface area (Å²) in [6.45, 7) is 13.3. The first-order valence-electron chi connectivity index (χ1n) is 9.03. The first-order valence-corrected chi connectivity index (χ1v) is 9.03. The maximum Gasteiger partial charge on any atom is 0.0991 e. The van der Waals surface area contributed by atoms with Crippen LogP contribution in [0, 0.1) is 18.3 Å². The van der Waals surface area contributed by atoms with E-state index in [4.69, 9.17) is 0 Å². The maximum atomic E-state index is 9.17. The molecule has 1 aliphatic heterocycles. The highest BCUT2D eigenvalue weighted by atomic mass is 14.9. The van der Waals surface area contributed by atoms with Gasteiger partial charge < -0.3 is 10.6 Å². The fraction of sp³-hybridized carbons (Fsp3) is 0.348. The summed E-state index contributed by atoms with van der Waals surface area (Å²) in [6, 6.07) is 8.00. The number of rotatable bonds is 3. The molecule has 0 aromatic heterocycles. The lowest BCUT2D eigenvalue weighted by Crippen LogP contribution is -2.15. The molecule has 26 heavy (non-hydrogen) atoms. The second-order valence-electron chi connectivity index (χ2n) is 6.62. The van der Waals surface area contributed by atoms with E-state index in [1.165, 1.54) is 6.42 Å². The topological polar surface area (TPSA) is 47.9 Å². The largest absolute Gasteiger partial charge is 0.385 e. The van der Waals surface area contributed by atoms with Crippen molar-refractivity contribution in [3.8, 4) is 6.07 Å². The number of allylic oxidation sites excluding steroid dienone is 5. The molecule has 1 aromatic carbocycles. The molecule has 3 heteroatoms. The molecule has 3 nitrogen and oxygen atoms in total. The summed E-state index contributed by atoms with van der Waals surface area (Å²) < 4.78 is 0. The van der Waals surface area contributed by atoms with Crippen molar-refractivity contribution in [2.24, 2.45) is 0 Å². The number of aryl methyl sites for hydroxylation is 1. The lowest BCUT2D eigenvalue weighted by molar-refractivity contribution is 0.673. The first kappa shape index (κ1) is 21.5. The first-order chi connectivity index (χ1) is 12.4. The van der Waals surface area contributed by atoms with Gasteiger partial charge in [-0.1, -0.05) is 30.4 Å². The second kappa shape index (κ2) is 11.1. The van der Waals surface area contributed by atoms with Gasteiger partial charge in [-0.05, 0) is 88.2 Å². The minimum Gasteiger partial charge on any atom is -0.385 e. The predicted molar refractivity (Wildman–Crippen MR) is 113 cm³/mol. The van der Waals surface area contributed by atoms with Crippen LogP contribution >= 0.6 is 0 Å². The number of nitrogens with zero attached hydrogens (tertiary/aromatic N) is 1. The Morgan fingerprint density at radius 2 is 2.00 bits per heavy atom. The molecule has 2 rings (SSSR count). The smallest absolute Gasteiger partial charge is 0.0991 e. The molecule has 1 aromatic rings. The molecule has 0 radical (unpaired) electrons. The van der Waals surface area contributed by atoms with Crippen LogP contribution in [0.25, 0.3) is 5.57 Å². The summed E-state index contributed by atoms with van der Waals surface area (Å²) in [7, 11) is 3.75. The summed E-state index contributed by atoms with van der Waals surface area (Å²) in [5.41, 5.74) is 7.13. The summed E-state index contributed by atoms with van der Waals surface area (Å²) in [6.07, 6.45) is 7.61. The molecule has 0 fully saturated rings. The van der Waals surface area contributed by atoms with Crippen molar-refractivity contribution in [2.75, 3.05) is 20.6 Å². The van der Waals surface area contributed by atoms with Gasteiger partial charge >= 0.3 is 0 Å². The fourth-order valence-electron chi connectivity index (χ4n) is 2.71. The van der Waals surface area contributed by atoms with Crippen molar-refractivity contribution in [3.05, 3.63) is 77.0 Å². The molecule has 0 saturated heterocycles. The molecule has 0 saturated carbocycles. The van der Waals surface area contributed by atoms with Crippen LogP contribution in [0.5, 0.6) is 0 Å². The van der Waals surface area contributed by atoms with Crippen LogP contribution in [0.1, 0.15) is 42.9 Å². The highest BCUT2D eigenvalue weighted by Crippen LogP contribution is 2.27. The van der Waals surface area contributed by atoms with Crippen molar-refractivity contribution < 1.29 is 0 Å². The highest BCUT2D eigenvalue weighted by molar-refractivity contribution is 5.81. The molecule has 1 heterocycles. The molecule has 138 valence electrons. The van der Waals surface area contributed by atoms with E-state index in [2.05, 4.69) is 48.9 Å². The normalized spacial score (nSPS) is 16.7. The standard InChI is InChI=1S/C21H24N2.C2H7N/c1-15(2)20(21-12-18(14-22)9-8-17(21)4)13-19-11-16(3)7-5-6-10-23-19;1-3-2/h8-9,11-13,23H,1,3,5-7,10H2,2,4H3;3H,1-2H3/b19-11-,20-13+;.